The van der Waals surface area contributed by atoms with Crippen LogP contribution in [0, 0.1) is 0 Å². The van der Waals surface area contributed by atoms with E-state index in [9.17, 15) is 14.4 Å². The summed E-state index contributed by atoms with van der Waals surface area (Å²) >= 11 is 0. The van der Waals surface area contributed by atoms with Crippen molar-refractivity contribution in [3.63, 3.8) is 0 Å². The van der Waals surface area contributed by atoms with Gasteiger partial charge in [-0.2, -0.15) is 0 Å². The van der Waals surface area contributed by atoms with E-state index in [1.165, 1.54) is 25.1 Å². The third kappa shape index (κ3) is 4.65. The Balaban J connectivity index is 2.17. The molecule has 1 atom stereocenters. The predicted molar refractivity (Wildman–Crippen MR) is 78.0 cm³/mol. The van der Waals surface area contributed by atoms with E-state index in [1.807, 2.05) is 0 Å². The fourth-order valence-corrected chi connectivity index (χ4v) is 1.72. The first-order chi connectivity index (χ1) is 10.9. The van der Waals surface area contributed by atoms with E-state index in [4.69, 9.17) is 19.3 Å². The molecule has 23 heavy (non-hydrogen) atoms. The second kappa shape index (κ2) is 7.06. The van der Waals surface area contributed by atoms with Gasteiger partial charge >= 0.3 is 17.9 Å². The highest BCUT2D eigenvalue weighted by molar-refractivity contribution is 5.94. The summed E-state index contributed by atoms with van der Waals surface area (Å²) < 4.78 is 15.0. The van der Waals surface area contributed by atoms with Gasteiger partial charge in [-0.25, -0.2) is 14.4 Å². The minimum Gasteiger partial charge on any atom is -0.478 e. The van der Waals surface area contributed by atoms with Crippen LogP contribution in [0.3, 0.4) is 0 Å². The second-order valence-electron chi connectivity index (χ2n) is 5.09. The lowest BCUT2D eigenvalue weighted by molar-refractivity contribution is -0.140. The van der Waals surface area contributed by atoms with Gasteiger partial charge in [-0.15, -0.1) is 0 Å². The van der Waals surface area contributed by atoms with Crippen LogP contribution < -0.4 is 0 Å². The Morgan fingerprint density at radius 2 is 2.04 bits per heavy atom. The van der Waals surface area contributed by atoms with Crippen LogP contribution in [0.1, 0.15) is 33.2 Å². The number of hydrogen-bond donors (Lipinski definition) is 1. The van der Waals surface area contributed by atoms with Crippen LogP contribution >= 0.6 is 0 Å². The highest BCUT2D eigenvalue weighted by Crippen LogP contribution is 2.17. The summed E-state index contributed by atoms with van der Waals surface area (Å²) in [6, 6.07) is 3.90. The average molecular weight is 320 g/mol. The van der Waals surface area contributed by atoms with Gasteiger partial charge in [0.05, 0.1) is 17.7 Å². The Kier molecular flexibility index (Phi) is 5.13. The van der Waals surface area contributed by atoms with Crippen molar-refractivity contribution < 1.29 is 33.7 Å². The van der Waals surface area contributed by atoms with Crippen LogP contribution in [0.4, 0.5) is 0 Å². The molecule has 1 heterocycles. The molecule has 1 aromatic carbocycles. The molecule has 1 aliphatic heterocycles. The maximum atomic E-state index is 12.1. The van der Waals surface area contributed by atoms with Crippen LogP contribution in [0.15, 0.2) is 30.4 Å². The number of aromatic carboxylic acids is 1. The maximum absolute atomic E-state index is 12.1. The molecule has 1 aliphatic rings. The predicted octanol–water partition coefficient (Wildman–Crippen LogP) is 1.56. The van der Waals surface area contributed by atoms with Crippen LogP contribution in [0.5, 0.6) is 0 Å². The van der Waals surface area contributed by atoms with Gasteiger partial charge in [0.25, 0.3) is 0 Å². The molecule has 0 radical (unpaired) electrons. The van der Waals surface area contributed by atoms with Gasteiger partial charge in [-0.1, -0.05) is 6.58 Å². The van der Waals surface area contributed by atoms with Crippen LogP contribution in [0.25, 0.3) is 0 Å². The molecule has 0 bridgehead atoms. The maximum Gasteiger partial charge on any atom is 0.338 e. The smallest absolute Gasteiger partial charge is 0.338 e. The Labute approximate surface area is 132 Å². The van der Waals surface area contributed by atoms with Crippen LogP contribution in [-0.4, -0.2) is 42.3 Å². The average Bonchev–Trinajstić information content (AvgIpc) is 3.33. The summed E-state index contributed by atoms with van der Waals surface area (Å²) in [6.07, 6.45) is -0.0815. The van der Waals surface area contributed by atoms with Gasteiger partial charge in [0.1, 0.15) is 19.3 Å². The number of hydrogen-bond acceptors (Lipinski definition) is 6. The lowest BCUT2D eigenvalue weighted by Crippen LogP contribution is -2.14. The standard InChI is InChI=1S/C16H16O7/c1-9(2)15(19)22-6-11-5-10(14(17)18)3-4-13(11)16(20)23-8-12-7-21-12/h3-5,12H,1,6-8H2,2H3,(H,17,18). The van der Waals surface area contributed by atoms with E-state index >= 15 is 0 Å². The number of esters is 2. The molecular weight excluding hydrogens is 304 g/mol. The third-order valence-corrected chi connectivity index (χ3v) is 3.08. The van der Waals surface area contributed by atoms with Crippen molar-refractivity contribution in [1.82, 2.24) is 0 Å². The third-order valence-electron chi connectivity index (χ3n) is 3.08. The largest absolute Gasteiger partial charge is 0.478 e. The van der Waals surface area contributed by atoms with Crippen molar-refractivity contribution in [3.8, 4) is 0 Å². The van der Waals surface area contributed by atoms with E-state index < -0.39 is 17.9 Å². The molecule has 0 saturated carbocycles. The number of carboxylic acids is 1. The highest BCUT2D eigenvalue weighted by Gasteiger charge is 2.25. The van der Waals surface area contributed by atoms with Crippen LogP contribution in [-0.2, 0) is 25.6 Å². The molecule has 1 unspecified atom stereocenters. The van der Waals surface area contributed by atoms with E-state index in [2.05, 4.69) is 6.58 Å². The molecule has 1 fully saturated rings. The first-order valence-corrected chi connectivity index (χ1v) is 6.86. The van der Waals surface area contributed by atoms with Gasteiger partial charge in [-0.3, -0.25) is 0 Å². The number of carbonyl (C=O) groups excluding carboxylic acids is 2. The van der Waals surface area contributed by atoms with E-state index in [1.54, 1.807) is 0 Å². The van der Waals surface area contributed by atoms with Crippen molar-refractivity contribution >= 4 is 17.9 Å². The Bertz CT molecular complexity index is 658. The molecular formula is C16H16O7. The zero-order chi connectivity index (χ0) is 17.0. The molecule has 7 nitrogen and oxygen atoms in total. The van der Waals surface area contributed by atoms with Gasteiger partial charge in [0, 0.05) is 11.1 Å². The quantitative estimate of drug-likeness (QED) is 0.462. The normalized spacial score (nSPS) is 15.6. The number of benzene rings is 1. The Morgan fingerprint density at radius 3 is 2.61 bits per heavy atom. The molecule has 0 spiro atoms. The number of carboxylic acid groups (broad SMARTS) is 1. The van der Waals surface area contributed by atoms with Crippen molar-refractivity contribution in [2.75, 3.05) is 13.2 Å². The molecule has 0 aliphatic carbocycles. The minimum absolute atomic E-state index is 0.0200. The van der Waals surface area contributed by atoms with Gasteiger partial charge in [0.15, 0.2) is 0 Å². The monoisotopic (exact) mass is 320 g/mol. The van der Waals surface area contributed by atoms with E-state index in [-0.39, 0.29) is 41.6 Å². The van der Waals surface area contributed by atoms with Crippen molar-refractivity contribution in [2.24, 2.45) is 0 Å². The van der Waals surface area contributed by atoms with E-state index in [0.29, 0.717) is 6.61 Å². The minimum atomic E-state index is -1.15. The highest BCUT2D eigenvalue weighted by atomic mass is 16.6. The van der Waals surface area contributed by atoms with Gasteiger partial charge in [0.2, 0.25) is 0 Å². The second-order valence-corrected chi connectivity index (χ2v) is 5.09. The summed E-state index contributed by atoms with van der Waals surface area (Å²) in [7, 11) is 0. The molecule has 0 amide bonds. The molecule has 1 aromatic rings. The summed E-state index contributed by atoms with van der Waals surface area (Å²) in [4.78, 5) is 34.6. The molecule has 1 N–H and O–H groups in total. The molecule has 122 valence electrons. The summed E-state index contributed by atoms with van der Waals surface area (Å²) in [5.74, 6) is -2.40. The van der Waals surface area contributed by atoms with Crippen molar-refractivity contribution in [1.29, 1.82) is 0 Å². The lowest BCUT2D eigenvalue weighted by Gasteiger charge is -2.11. The molecule has 7 heteroatoms. The first-order valence-electron chi connectivity index (χ1n) is 6.86. The van der Waals surface area contributed by atoms with Gasteiger partial charge < -0.3 is 19.3 Å². The number of ether oxygens (including phenoxy) is 3. The Morgan fingerprint density at radius 1 is 1.35 bits per heavy atom. The lowest BCUT2D eigenvalue weighted by atomic mass is 10.0. The van der Waals surface area contributed by atoms with Crippen molar-refractivity contribution in [2.45, 2.75) is 19.6 Å². The summed E-state index contributed by atoms with van der Waals surface area (Å²) in [5.41, 5.74) is 0.578. The SMILES string of the molecule is C=C(C)C(=O)OCc1cc(C(=O)O)ccc1C(=O)OCC1CO1. The number of epoxide rings is 1. The zero-order valence-electron chi connectivity index (χ0n) is 12.5. The molecule has 2 rings (SSSR count). The Hall–Kier alpha value is -2.67. The van der Waals surface area contributed by atoms with Gasteiger partial charge in [-0.05, 0) is 25.1 Å². The first kappa shape index (κ1) is 16.7. The molecule has 1 saturated heterocycles. The molecule has 0 aromatic heterocycles. The van der Waals surface area contributed by atoms with Crippen molar-refractivity contribution in [3.05, 3.63) is 47.0 Å². The summed E-state index contributed by atoms with van der Waals surface area (Å²) in [5, 5.41) is 9.03. The fourth-order valence-electron chi connectivity index (χ4n) is 1.72. The number of rotatable bonds is 7. The fraction of sp³-hybridized carbons (Fsp3) is 0.312. The number of carbonyl (C=O) groups is 3. The summed E-state index contributed by atoms with van der Waals surface area (Å²) in [6.45, 7) is 5.37. The van der Waals surface area contributed by atoms with Crippen LogP contribution in [0.2, 0.25) is 0 Å². The zero-order valence-corrected chi connectivity index (χ0v) is 12.5. The van der Waals surface area contributed by atoms with E-state index in [0.717, 1.165) is 0 Å². The topological polar surface area (TPSA) is 102 Å².